The zero-order valence-electron chi connectivity index (χ0n) is 12.1. The lowest BCUT2D eigenvalue weighted by atomic mass is 9.99. The van der Waals surface area contributed by atoms with Gasteiger partial charge in [0.25, 0.3) is 0 Å². The van der Waals surface area contributed by atoms with Gasteiger partial charge in [0, 0.05) is 19.1 Å². The molecule has 1 aromatic rings. The van der Waals surface area contributed by atoms with E-state index in [-0.39, 0.29) is 12.1 Å². The molecule has 0 aromatic heterocycles. The van der Waals surface area contributed by atoms with Crippen LogP contribution in [-0.2, 0) is 4.74 Å². The van der Waals surface area contributed by atoms with Crippen molar-refractivity contribution in [1.29, 1.82) is 0 Å². The van der Waals surface area contributed by atoms with Gasteiger partial charge in [-0.3, -0.25) is 16.2 Å². The minimum Gasteiger partial charge on any atom is -0.374 e. The molecular formula is C15H25N3O. The van der Waals surface area contributed by atoms with Crippen LogP contribution in [0.4, 0.5) is 0 Å². The second-order valence-electron chi connectivity index (χ2n) is 5.55. The Morgan fingerprint density at radius 3 is 2.58 bits per heavy atom. The molecule has 0 aliphatic carbocycles. The third-order valence-corrected chi connectivity index (χ3v) is 3.84. The SMILES string of the molecule is Cc1ccc(C(NN)C2CN(C(C)C)CCO2)cc1. The van der Waals surface area contributed by atoms with Crippen molar-refractivity contribution in [2.24, 2.45) is 5.84 Å². The molecule has 1 fully saturated rings. The van der Waals surface area contributed by atoms with Crippen molar-refractivity contribution in [1.82, 2.24) is 10.3 Å². The Labute approximate surface area is 115 Å². The standard InChI is InChI=1S/C15H25N3O/c1-11(2)18-8-9-19-14(10-18)15(17-16)13-6-4-12(3)5-7-13/h4-7,11,14-15,17H,8-10,16H2,1-3H3. The molecule has 19 heavy (non-hydrogen) atoms. The van der Waals surface area contributed by atoms with E-state index < -0.39 is 0 Å². The number of ether oxygens (including phenoxy) is 1. The largest absolute Gasteiger partial charge is 0.374 e. The van der Waals surface area contributed by atoms with Gasteiger partial charge < -0.3 is 4.74 Å². The average molecular weight is 263 g/mol. The second kappa shape index (κ2) is 6.48. The molecule has 1 aliphatic rings. The molecule has 4 heteroatoms. The highest BCUT2D eigenvalue weighted by atomic mass is 16.5. The summed E-state index contributed by atoms with van der Waals surface area (Å²) < 4.78 is 5.91. The van der Waals surface area contributed by atoms with E-state index in [0.717, 1.165) is 19.7 Å². The lowest BCUT2D eigenvalue weighted by Crippen LogP contribution is -2.51. The molecule has 2 atom stereocenters. The zero-order valence-corrected chi connectivity index (χ0v) is 12.1. The van der Waals surface area contributed by atoms with E-state index in [1.165, 1.54) is 11.1 Å². The maximum Gasteiger partial charge on any atom is 0.0909 e. The monoisotopic (exact) mass is 263 g/mol. The van der Waals surface area contributed by atoms with Crippen molar-refractivity contribution >= 4 is 0 Å². The maximum atomic E-state index is 5.91. The second-order valence-corrected chi connectivity index (χ2v) is 5.55. The smallest absolute Gasteiger partial charge is 0.0909 e. The highest BCUT2D eigenvalue weighted by Gasteiger charge is 2.29. The molecule has 0 spiro atoms. The number of hydrazine groups is 1. The van der Waals surface area contributed by atoms with Crippen LogP contribution in [0.5, 0.6) is 0 Å². The highest BCUT2D eigenvalue weighted by molar-refractivity contribution is 5.25. The molecule has 2 unspecified atom stereocenters. The fourth-order valence-electron chi connectivity index (χ4n) is 2.56. The fraction of sp³-hybridized carbons (Fsp3) is 0.600. The number of nitrogens with zero attached hydrogens (tertiary/aromatic N) is 1. The van der Waals surface area contributed by atoms with Crippen LogP contribution in [0.15, 0.2) is 24.3 Å². The number of hydrogen-bond donors (Lipinski definition) is 2. The van der Waals surface area contributed by atoms with Gasteiger partial charge in [-0.15, -0.1) is 0 Å². The average Bonchev–Trinajstić information content (AvgIpc) is 2.42. The van der Waals surface area contributed by atoms with Crippen molar-refractivity contribution in [2.75, 3.05) is 19.7 Å². The zero-order chi connectivity index (χ0) is 13.8. The number of morpholine rings is 1. The van der Waals surface area contributed by atoms with E-state index in [2.05, 4.69) is 55.4 Å². The van der Waals surface area contributed by atoms with Crippen LogP contribution in [-0.4, -0.2) is 36.7 Å². The first-order chi connectivity index (χ1) is 9.11. The summed E-state index contributed by atoms with van der Waals surface area (Å²) in [5.74, 6) is 5.75. The van der Waals surface area contributed by atoms with Crippen LogP contribution in [0.3, 0.4) is 0 Å². The lowest BCUT2D eigenvalue weighted by Gasteiger charge is -2.38. The van der Waals surface area contributed by atoms with E-state index in [0.29, 0.717) is 6.04 Å². The summed E-state index contributed by atoms with van der Waals surface area (Å²) in [6.07, 6.45) is 0.101. The Balaban J connectivity index is 2.10. The number of nitrogens with two attached hydrogens (primary N) is 1. The van der Waals surface area contributed by atoms with Crippen LogP contribution < -0.4 is 11.3 Å². The minimum absolute atomic E-state index is 0.0437. The third kappa shape index (κ3) is 3.54. The predicted octanol–water partition coefficient (Wildman–Crippen LogP) is 1.61. The molecule has 2 rings (SSSR count). The van der Waals surface area contributed by atoms with Gasteiger partial charge in [0.05, 0.1) is 18.8 Å². The molecule has 0 saturated carbocycles. The van der Waals surface area contributed by atoms with Crippen LogP contribution >= 0.6 is 0 Å². The summed E-state index contributed by atoms with van der Waals surface area (Å²) in [5, 5.41) is 0. The van der Waals surface area contributed by atoms with Crippen LogP contribution in [0.1, 0.15) is 31.0 Å². The van der Waals surface area contributed by atoms with E-state index >= 15 is 0 Å². The summed E-state index contributed by atoms with van der Waals surface area (Å²) >= 11 is 0. The Morgan fingerprint density at radius 2 is 2.00 bits per heavy atom. The fourth-order valence-corrected chi connectivity index (χ4v) is 2.56. The summed E-state index contributed by atoms with van der Waals surface area (Å²) in [7, 11) is 0. The summed E-state index contributed by atoms with van der Waals surface area (Å²) in [4.78, 5) is 2.44. The normalized spacial score (nSPS) is 22.7. The first-order valence-electron chi connectivity index (χ1n) is 7.00. The summed E-state index contributed by atoms with van der Waals surface area (Å²) in [6.45, 7) is 9.22. The summed E-state index contributed by atoms with van der Waals surface area (Å²) in [5.41, 5.74) is 5.36. The molecule has 1 heterocycles. The Hall–Kier alpha value is -0.940. The predicted molar refractivity (Wildman–Crippen MR) is 77.7 cm³/mol. The van der Waals surface area contributed by atoms with Crippen molar-refractivity contribution in [3.8, 4) is 0 Å². The lowest BCUT2D eigenvalue weighted by molar-refractivity contribution is -0.0561. The third-order valence-electron chi connectivity index (χ3n) is 3.84. The Morgan fingerprint density at radius 1 is 1.32 bits per heavy atom. The molecule has 4 nitrogen and oxygen atoms in total. The van der Waals surface area contributed by atoms with Gasteiger partial charge in [0.15, 0.2) is 0 Å². The quantitative estimate of drug-likeness (QED) is 0.640. The molecule has 1 aliphatic heterocycles. The first kappa shape index (κ1) is 14.5. The van der Waals surface area contributed by atoms with Crippen LogP contribution in [0.2, 0.25) is 0 Å². The van der Waals surface area contributed by atoms with Crippen molar-refractivity contribution in [3.63, 3.8) is 0 Å². The topological polar surface area (TPSA) is 50.5 Å². The maximum absolute atomic E-state index is 5.91. The first-order valence-corrected chi connectivity index (χ1v) is 7.00. The van der Waals surface area contributed by atoms with Crippen molar-refractivity contribution in [2.45, 2.75) is 39.0 Å². The van der Waals surface area contributed by atoms with Gasteiger partial charge in [0.2, 0.25) is 0 Å². The molecule has 0 amide bonds. The van der Waals surface area contributed by atoms with Gasteiger partial charge in [0.1, 0.15) is 0 Å². The highest BCUT2D eigenvalue weighted by Crippen LogP contribution is 2.23. The van der Waals surface area contributed by atoms with E-state index in [4.69, 9.17) is 10.6 Å². The van der Waals surface area contributed by atoms with Gasteiger partial charge >= 0.3 is 0 Å². The molecule has 1 saturated heterocycles. The van der Waals surface area contributed by atoms with E-state index in [1.807, 2.05) is 0 Å². The van der Waals surface area contributed by atoms with Crippen LogP contribution in [0, 0.1) is 6.92 Å². The minimum atomic E-state index is 0.0437. The van der Waals surface area contributed by atoms with E-state index in [9.17, 15) is 0 Å². The number of hydrogen-bond acceptors (Lipinski definition) is 4. The number of aryl methyl sites for hydroxylation is 1. The number of nitrogens with one attached hydrogen (secondary N) is 1. The van der Waals surface area contributed by atoms with Crippen LogP contribution in [0.25, 0.3) is 0 Å². The van der Waals surface area contributed by atoms with Gasteiger partial charge in [-0.25, -0.2) is 0 Å². The molecule has 1 aromatic carbocycles. The van der Waals surface area contributed by atoms with Gasteiger partial charge in [-0.1, -0.05) is 29.8 Å². The molecule has 0 bridgehead atoms. The Kier molecular flexibility index (Phi) is 4.93. The molecule has 0 radical (unpaired) electrons. The van der Waals surface area contributed by atoms with Gasteiger partial charge in [-0.2, -0.15) is 0 Å². The van der Waals surface area contributed by atoms with Crippen molar-refractivity contribution in [3.05, 3.63) is 35.4 Å². The summed E-state index contributed by atoms with van der Waals surface area (Å²) in [6, 6.07) is 9.06. The molecule has 106 valence electrons. The number of rotatable bonds is 4. The van der Waals surface area contributed by atoms with E-state index in [1.54, 1.807) is 0 Å². The van der Waals surface area contributed by atoms with Crippen molar-refractivity contribution < 1.29 is 4.74 Å². The van der Waals surface area contributed by atoms with Gasteiger partial charge in [-0.05, 0) is 26.3 Å². The molecule has 3 N–H and O–H groups in total. The number of benzene rings is 1. The Bertz CT molecular complexity index is 391. The molecular weight excluding hydrogens is 238 g/mol.